The molecule has 0 aromatic heterocycles. The van der Waals surface area contributed by atoms with Gasteiger partial charge in [-0.05, 0) is 12.8 Å². The lowest BCUT2D eigenvalue weighted by Crippen LogP contribution is -2.34. The van der Waals surface area contributed by atoms with E-state index >= 15 is 0 Å². The fourth-order valence-corrected chi connectivity index (χ4v) is 0.963. The number of amidine groups is 1. The van der Waals surface area contributed by atoms with Crippen LogP contribution < -0.4 is 5.73 Å². The van der Waals surface area contributed by atoms with E-state index in [1.165, 1.54) is 0 Å². The second kappa shape index (κ2) is 7.09. The van der Waals surface area contributed by atoms with Crippen molar-refractivity contribution in [3.8, 4) is 0 Å². The summed E-state index contributed by atoms with van der Waals surface area (Å²) in [6, 6.07) is 0. The first kappa shape index (κ1) is 13.7. The number of rotatable bonds is 6. The molecular formula is C10H21N3O2. The molecule has 0 aliphatic carbocycles. The molecule has 0 radical (unpaired) electrons. The predicted molar refractivity (Wildman–Crippen MR) is 60.0 cm³/mol. The molecule has 0 fully saturated rings. The molecule has 0 aromatic carbocycles. The lowest BCUT2D eigenvalue weighted by Gasteiger charge is -2.20. The number of ether oxygens (including phenoxy) is 1. The molecule has 0 saturated carbocycles. The van der Waals surface area contributed by atoms with Crippen LogP contribution in [0, 0.1) is 11.3 Å². The molecule has 1 amide bonds. The SMILES string of the molecule is CCN(CCC(=N)N)C(=O)OCC(C)C. The number of amides is 1. The van der Waals surface area contributed by atoms with Gasteiger partial charge in [-0.15, -0.1) is 0 Å². The largest absolute Gasteiger partial charge is 0.449 e. The first-order chi connectivity index (χ1) is 6.97. The van der Waals surface area contributed by atoms with Gasteiger partial charge in [0.25, 0.3) is 0 Å². The summed E-state index contributed by atoms with van der Waals surface area (Å²) in [6.07, 6.45) is 0.0670. The highest BCUT2D eigenvalue weighted by Crippen LogP contribution is 1.99. The minimum atomic E-state index is -0.326. The lowest BCUT2D eigenvalue weighted by atomic mass is 10.2. The van der Waals surface area contributed by atoms with Crippen molar-refractivity contribution in [2.45, 2.75) is 27.2 Å². The Balaban J connectivity index is 3.93. The molecule has 0 aromatic rings. The smallest absolute Gasteiger partial charge is 0.409 e. The zero-order valence-electron chi connectivity index (χ0n) is 9.75. The average Bonchev–Trinajstić information content (AvgIpc) is 2.15. The van der Waals surface area contributed by atoms with Crippen LogP contribution in [0.25, 0.3) is 0 Å². The molecule has 5 heteroatoms. The molecule has 0 bridgehead atoms. The Bertz CT molecular complexity index is 217. The highest BCUT2D eigenvalue weighted by molar-refractivity contribution is 5.77. The Morgan fingerprint density at radius 3 is 2.53 bits per heavy atom. The maximum Gasteiger partial charge on any atom is 0.409 e. The molecule has 0 saturated heterocycles. The summed E-state index contributed by atoms with van der Waals surface area (Å²) in [6.45, 7) is 7.29. The summed E-state index contributed by atoms with van der Waals surface area (Å²) in [5.41, 5.74) is 5.22. The van der Waals surface area contributed by atoms with Gasteiger partial charge in [-0.1, -0.05) is 13.8 Å². The number of nitrogens with zero attached hydrogens (tertiary/aromatic N) is 1. The number of carbonyl (C=O) groups excluding carboxylic acids is 1. The molecule has 0 heterocycles. The van der Waals surface area contributed by atoms with E-state index in [1.807, 2.05) is 20.8 Å². The molecule has 15 heavy (non-hydrogen) atoms. The molecule has 0 aliphatic heterocycles. The maximum absolute atomic E-state index is 11.5. The van der Waals surface area contributed by atoms with Crippen molar-refractivity contribution in [2.75, 3.05) is 19.7 Å². The first-order valence-electron chi connectivity index (χ1n) is 5.22. The summed E-state index contributed by atoms with van der Waals surface area (Å²) in [7, 11) is 0. The van der Waals surface area contributed by atoms with Crippen molar-refractivity contribution in [1.82, 2.24) is 4.90 Å². The zero-order chi connectivity index (χ0) is 11.8. The van der Waals surface area contributed by atoms with E-state index in [0.29, 0.717) is 32.0 Å². The minimum absolute atomic E-state index is 0.0881. The molecule has 0 aliphatic rings. The molecule has 5 nitrogen and oxygen atoms in total. The Morgan fingerprint density at radius 2 is 2.13 bits per heavy atom. The van der Waals surface area contributed by atoms with Crippen LogP contribution >= 0.6 is 0 Å². The highest BCUT2D eigenvalue weighted by Gasteiger charge is 2.13. The molecule has 88 valence electrons. The molecule has 0 spiro atoms. The second-order valence-corrected chi connectivity index (χ2v) is 3.83. The van der Waals surface area contributed by atoms with Crippen molar-refractivity contribution < 1.29 is 9.53 Å². The summed E-state index contributed by atoms with van der Waals surface area (Å²) in [5.74, 6) is 0.422. The van der Waals surface area contributed by atoms with Crippen molar-refractivity contribution in [3.63, 3.8) is 0 Å². The number of hydrogen-bond acceptors (Lipinski definition) is 3. The van der Waals surface area contributed by atoms with Crippen LogP contribution in [-0.4, -0.2) is 36.5 Å². The highest BCUT2D eigenvalue weighted by atomic mass is 16.6. The van der Waals surface area contributed by atoms with Crippen molar-refractivity contribution in [2.24, 2.45) is 11.7 Å². The van der Waals surface area contributed by atoms with Crippen molar-refractivity contribution in [3.05, 3.63) is 0 Å². The van der Waals surface area contributed by atoms with Crippen LogP contribution in [0.1, 0.15) is 27.2 Å². The lowest BCUT2D eigenvalue weighted by molar-refractivity contribution is 0.0946. The predicted octanol–water partition coefficient (Wildman–Crippen LogP) is 1.43. The van der Waals surface area contributed by atoms with Gasteiger partial charge in [0.15, 0.2) is 0 Å². The van der Waals surface area contributed by atoms with Crippen LogP contribution in [0.5, 0.6) is 0 Å². The fraction of sp³-hybridized carbons (Fsp3) is 0.800. The third-order valence-electron chi connectivity index (χ3n) is 1.83. The fourth-order valence-electron chi connectivity index (χ4n) is 0.963. The number of carbonyl (C=O) groups is 1. The van der Waals surface area contributed by atoms with E-state index in [0.717, 1.165) is 0 Å². The van der Waals surface area contributed by atoms with E-state index in [4.69, 9.17) is 15.9 Å². The molecule has 0 rings (SSSR count). The molecule has 3 N–H and O–H groups in total. The standard InChI is InChI=1S/C10H21N3O2/c1-4-13(6-5-9(11)12)10(14)15-7-8(2)3/h8H,4-7H2,1-3H3,(H3,11,12). The summed E-state index contributed by atoms with van der Waals surface area (Å²) in [4.78, 5) is 13.0. The van der Waals surface area contributed by atoms with E-state index in [1.54, 1.807) is 4.90 Å². The van der Waals surface area contributed by atoms with Crippen LogP contribution in [-0.2, 0) is 4.74 Å². The van der Waals surface area contributed by atoms with Gasteiger partial charge in [-0.25, -0.2) is 4.79 Å². The normalized spacial score (nSPS) is 10.1. The Hall–Kier alpha value is -1.26. The molecular weight excluding hydrogens is 194 g/mol. The number of hydrogen-bond donors (Lipinski definition) is 2. The topological polar surface area (TPSA) is 79.4 Å². The zero-order valence-corrected chi connectivity index (χ0v) is 9.75. The van der Waals surface area contributed by atoms with Crippen LogP contribution in [0.15, 0.2) is 0 Å². The van der Waals surface area contributed by atoms with Crippen LogP contribution in [0.4, 0.5) is 4.79 Å². The first-order valence-corrected chi connectivity index (χ1v) is 5.22. The molecule has 0 atom stereocenters. The van der Waals surface area contributed by atoms with E-state index in [2.05, 4.69) is 0 Å². The maximum atomic E-state index is 11.5. The monoisotopic (exact) mass is 215 g/mol. The van der Waals surface area contributed by atoms with Crippen molar-refractivity contribution >= 4 is 11.9 Å². The van der Waals surface area contributed by atoms with E-state index < -0.39 is 0 Å². The van der Waals surface area contributed by atoms with Gasteiger partial charge < -0.3 is 15.4 Å². The van der Waals surface area contributed by atoms with E-state index in [-0.39, 0.29) is 11.9 Å². The Morgan fingerprint density at radius 1 is 1.53 bits per heavy atom. The van der Waals surface area contributed by atoms with Gasteiger partial charge >= 0.3 is 6.09 Å². The third-order valence-corrected chi connectivity index (χ3v) is 1.83. The number of nitrogens with two attached hydrogens (primary N) is 1. The van der Waals surface area contributed by atoms with Gasteiger partial charge in [0.2, 0.25) is 0 Å². The second-order valence-electron chi connectivity index (χ2n) is 3.83. The van der Waals surface area contributed by atoms with Gasteiger partial charge in [0, 0.05) is 19.5 Å². The molecule has 0 unspecified atom stereocenters. The van der Waals surface area contributed by atoms with Gasteiger partial charge in [-0.3, -0.25) is 5.41 Å². The van der Waals surface area contributed by atoms with Crippen LogP contribution in [0.3, 0.4) is 0 Å². The van der Waals surface area contributed by atoms with E-state index in [9.17, 15) is 4.79 Å². The van der Waals surface area contributed by atoms with Crippen LogP contribution in [0.2, 0.25) is 0 Å². The van der Waals surface area contributed by atoms with Crippen molar-refractivity contribution in [1.29, 1.82) is 5.41 Å². The summed E-state index contributed by atoms with van der Waals surface area (Å²) in [5, 5.41) is 7.07. The third kappa shape index (κ3) is 6.76. The Labute approximate surface area is 91.1 Å². The Kier molecular flexibility index (Phi) is 6.49. The quantitative estimate of drug-likeness (QED) is 0.519. The van der Waals surface area contributed by atoms with Gasteiger partial charge in [0.05, 0.1) is 12.4 Å². The summed E-state index contributed by atoms with van der Waals surface area (Å²) < 4.78 is 5.06. The van der Waals surface area contributed by atoms with Gasteiger partial charge in [0.1, 0.15) is 0 Å². The summed E-state index contributed by atoms with van der Waals surface area (Å²) >= 11 is 0. The number of nitrogens with one attached hydrogen (secondary N) is 1. The van der Waals surface area contributed by atoms with Gasteiger partial charge in [-0.2, -0.15) is 0 Å². The average molecular weight is 215 g/mol. The minimum Gasteiger partial charge on any atom is -0.449 e.